The fourth-order valence-corrected chi connectivity index (χ4v) is 3.96. The highest BCUT2D eigenvalue weighted by molar-refractivity contribution is 5.92. The van der Waals surface area contributed by atoms with Gasteiger partial charge in [-0.1, -0.05) is 35.2 Å². The summed E-state index contributed by atoms with van der Waals surface area (Å²) in [5, 5.41) is 7.07. The molecule has 2 atom stereocenters. The molecule has 1 aromatic heterocycles. The van der Waals surface area contributed by atoms with Crippen molar-refractivity contribution < 1.29 is 14.1 Å². The van der Waals surface area contributed by atoms with Crippen LogP contribution >= 0.6 is 0 Å². The van der Waals surface area contributed by atoms with Gasteiger partial charge in [0.2, 0.25) is 0 Å². The van der Waals surface area contributed by atoms with Gasteiger partial charge < -0.3 is 14.6 Å². The number of ether oxygens (including phenoxy) is 1. The van der Waals surface area contributed by atoms with Crippen LogP contribution in [0.4, 0.5) is 0 Å². The van der Waals surface area contributed by atoms with Crippen molar-refractivity contribution in [3.63, 3.8) is 0 Å². The standard InChI is InChI=1S/C24H29N3O3/c1-17(2)27-15-20(25-24(28)22-14-23(30-26-22)19-10-11-19)13-21(27)16-29-12-6-9-18-7-4-3-5-8-18/h3-5,7-8,14,17,19-21H,10-13,15-16H2,1-2H3,(H,25,28). The smallest absolute Gasteiger partial charge is 0.273 e. The fourth-order valence-electron chi connectivity index (χ4n) is 3.96. The van der Waals surface area contributed by atoms with Crippen LogP contribution in [-0.2, 0) is 4.74 Å². The lowest BCUT2D eigenvalue weighted by Crippen LogP contribution is -2.40. The number of hydrogen-bond acceptors (Lipinski definition) is 5. The second kappa shape index (κ2) is 9.46. The van der Waals surface area contributed by atoms with E-state index in [1.54, 1.807) is 6.07 Å². The first kappa shape index (κ1) is 20.6. The molecule has 2 aliphatic rings. The largest absolute Gasteiger partial charge is 0.367 e. The maximum atomic E-state index is 12.6. The van der Waals surface area contributed by atoms with E-state index in [2.05, 4.69) is 41.1 Å². The highest BCUT2D eigenvalue weighted by Gasteiger charge is 2.35. The Morgan fingerprint density at radius 3 is 2.87 bits per heavy atom. The quantitative estimate of drug-likeness (QED) is 0.564. The van der Waals surface area contributed by atoms with Gasteiger partial charge in [-0.3, -0.25) is 9.69 Å². The number of nitrogens with one attached hydrogen (secondary N) is 1. The van der Waals surface area contributed by atoms with E-state index < -0.39 is 0 Å². The summed E-state index contributed by atoms with van der Waals surface area (Å²) in [4.78, 5) is 15.0. The van der Waals surface area contributed by atoms with Crippen LogP contribution in [0.5, 0.6) is 0 Å². The number of aromatic nitrogens is 1. The molecule has 1 aromatic carbocycles. The average Bonchev–Trinajstić information content (AvgIpc) is 3.32. The van der Waals surface area contributed by atoms with Crippen LogP contribution in [0.25, 0.3) is 0 Å². The van der Waals surface area contributed by atoms with Crippen LogP contribution < -0.4 is 5.32 Å². The molecule has 4 rings (SSSR count). The van der Waals surface area contributed by atoms with Gasteiger partial charge in [-0.25, -0.2) is 0 Å². The molecular formula is C24H29N3O3. The predicted octanol–water partition coefficient (Wildman–Crippen LogP) is 3.20. The van der Waals surface area contributed by atoms with Gasteiger partial charge in [0.1, 0.15) is 12.4 Å². The van der Waals surface area contributed by atoms with E-state index in [1.807, 2.05) is 30.3 Å². The molecule has 158 valence electrons. The van der Waals surface area contributed by atoms with Gasteiger partial charge in [0, 0.05) is 42.2 Å². The molecule has 1 saturated heterocycles. The van der Waals surface area contributed by atoms with Crippen LogP contribution in [0.3, 0.4) is 0 Å². The Balaban J connectivity index is 1.27. The van der Waals surface area contributed by atoms with E-state index >= 15 is 0 Å². The molecule has 1 saturated carbocycles. The molecule has 2 fully saturated rings. The number of rotatable bonds is 7. The number of benzene rings is 1. The van der Waals surface area contributed by atoms with Crippen molar-refractivity contribution in [2.45, 2.75) is 57.2 Å². The molecule has 1 aliphatic carbocycles. The van der Waals surface area contributed by atoms with Crippen molar-refractivity contribution in [2.24, 2.45) is 0 Å². The molecule has 0 radical (unpaired) electrons. The number of amides is 1. The van der Waals surface area contributed by atoms with E-state index in [0.717, 1.165) is 37.1 Å². The topological polar surface area (TPSA) is 67.6 Å². The Morgan fingerprint density at radius 2 is 2.13 bits per heavy atom. The molecule has 30 heavy (non-hydrogen) atoms. The van der Waals surface area contributed by atoms with E-state index in [9.17, 15) is 4.79 Å². The van der Waals surface area contributed by atoms with Gasteiger partial charge in [-0.15, -0.1) is 0 Å². The van der Waals surface area contributed by atoms with Crippen molar-refractivity contribution >= 4 is 5.91 Å². The van der Waals surface area contributed by atoms with E-state index in [4.69, 9.17) is 9.26 Å². The first-order valence-corrected chi connectivity index (χ1v) is 10.7. The summed E-state index contributed by atoms with van der Waals surface area (Å²) < 4.78 is 11.1. The van der Waals surface area contributed by atoms with Crippen LogP contribution in [0.2, 0.25) is 0 Å². The molecule has 1 aliphatic heterocycles. The molecule has 0 spiro atoms. The Morgan fingerprint density at radius 1 is 1.33 bits per heavy atom. The monoisotopic (exact) mass is 407 g/mol. The third-order valence-electron chi connectivity index (χ3n) is 5.69. The van der Waals surface area contributed by atoms with Gasteiger partial charge in [0.15, 0.2) is 5.69 Å². The summed E-state index contributed by atoms with van der Waals surface area (Å²) in [7, 11) is 0. The predicted molar refractivity (Wildman–Crippen MR) is 114 cm³/mol. The van der Waals surface area contributed by atoms with E-state index in [-0.39, 0.29) is 18.0 Å². The molecule has 0 bridgehead atoms. The minimum absolute atomic E-state index is 0.0741. The van der Waals surface area contributed by atoms with Gasteiger partial charge in [-0.2, -0.15) is 0 Å². The van der Waals surface area contributed by atoms with Crippen LogP contribution in [0.1, 0.15) is 60.8 Å². The van der Waals surface area contributed by atoms with Gasteiger partial charge in [0.05, 0.1) is 6.61 Å². The SMILES string of the molecule is CC(C)N1CC(NC(=O)c2cc(C3CC3)on2)CC1COCC#Cc1ccccc1. The Hall–Kier alpha value is -2.62. The van der Waals surface area contributed by atoms with Crippen molar-refractivity contribution in [2.75, 3.05) is 19.8 Å². The zero-order chi connectivity index (χ0) is 20.9. The van der Waals surface area contributed by atoms with E-state index in [1.165, 1.54) is 0 Å². The molecule has 6 heteroatoms. The first-order valence-electron chi connectivity index (χ1n) is 10.7. The first-order chi connectivity index (χ1) is 14.6. The minimum Gasteiger partial charge on any atom is -0.367 e. The highest BCUT2D eigenvalue weighted by atomic mass is 16.5. The van der Waals surface area contributed by atoms with Crippen molar-refractivity contribution in [3.8, 4) is 11.8 Å². The highest BCUT2D eigenvalue weighted by Crippen LogP contribution is 2.40. The molecule has 1 N–H and O–H groups in total. The van der Waals surface area contributed by atoms with Crippen LogP contribution in [0.15, 0.2) is 40.9 Å². The lowest BCUT2D eigenvalue weighted by Gasteiger charge is -2.27. The molecule has 6 nitrogen and oxygen atoms in total. The number of likely N-dealkylation sites (tertiary alicyclic amines) is 1. The summed E-state index contributed by atoms with van der Waals surface area (Å²) in [5.74, 6) is 7.31. The third kappa shape index (κ3) is 5.29. The van der Waals surface area contributed by atoms with Gasteiger partial charge in [0.25, 0.3) is 5.91 Å². The molecular weight excluding hydrogens is 378 g/mol. The van der Waals surface area contributed by atoms with Crippen LogP contribution in [0, 0.1) is 11.8 Å². The summed E-state index contributed by atoms with van der Waals surface area (Å²) in [5.41, 5.74) is 1.37. The molecule has 1 amide bonds. The van der Waals surface area contributed by atoms with Crippen molar-refractivity contribution in [1.82, 2.24) is 15.4 Å². The zero-order valence-corrected chi connectivity index (χ0v) is 17.6. The van der Waals surface area contributed by atoms with Crippen molar-refractivity contribution in [3.05, 3.63) is 53.4 Å². The number of hydrogen-bond donors (Lipinski definition) is 1. The molecule has 2 heterocycles. The summed E-state index contributed by atoms with van der Waals surface area (Å²) in [6, 6.07) is 12.4. The summed E-state index contributed by atoms with van der Waals surface area (Å²) >= 11 is 0. The second-order valence-electron chi connectivity index (χ2n) is 8.42. The average molecular weight is 408 g/mol. The fraction of sp³-hybridized carbons (Fsp3) is 0.500. The zero-order valence-electron chi connectivity index (χ0n) is 17.6. The third-order valence-corrected chi connectivity index (χ3v) is 5.69. The van der Waals surface area contributed by atoms with E-state index in [0.29, 0.717) is 30.9 Å². The van der Waals surface area contributed by atoms with Gasteiger partial charge in [-0.05, 0) is 45.2 Å². The lowest BCUT2D eigenvalue weighted by molar-refractivity contribution is 0.0829. The minimum atomic E-state index is -0.158. The van der Waals surface area contributed by atoms with Crippen molar-refractivity contribution in [1.29, 1.82) is 0 Å². The maximum Gasteiger partial charge on any atom is 0.273 e. The second-order valence-corrected chi connectivity index (χ2v) is 8.42. The number of nitrogens with zero attached hydrogens (tertiary/aromatic N) is 2. The Bertz CT molecular complexity index is 909. The maximum absolute atomic E-state index is 12.6. The Kier molecular flexibility index (Phi) is 6.51. The molecule has 2 unspecified atom stereocenters. The normalized spacial score (nSPS) is 21.4. The number of carbonyl (C=O) groups is 1. The lowest BCUT2D eigenvalue weighted by atomic mass is 10.1. The Labute approximate surface area is 178 Å². The van der Waals surface area contributed by atoms with Gasteiger partial charge >= 0.3 is 0 Å². The van der Waals surface area contributed by atoms with Crippen LogP contribution in [-0.4, -0.2) is 53.8 Å². The summed E-state index contributed by atoms with van der Waals surface area (Å²) in [6.07, 6.45) is 3.10. The summed E-state index contributed by atoms with van der Waals surface area (Å²) in [6.45, 7) is 6.15. The molecule has 2 aromatic rings. The number of carbonyl (C=O) groups excluding carboxylic acids is 1.